The van der Waals surface area contributed by atoms with Crippen molar-refractivity contribution in [2.24, 2.45) is 0 Å². The van der Waals surface area contributed by atoms with Crippen LogP contribution in [0.1, 0.15) is 26.2 Å². The predicted molar refractivity (Wildman–Crippen MR) is 72.1 cm³/mol. The Hall–Kier alpha value is 0.230. The van der Waals surface area contributed by atoms with Crippen LogP contribution in [0, 0.1) is 0 Å². The van der Waals surface area contributed by atoms with Gasteiger partial charge in [-0.05, 0) is 45.2 Å². The normalized spacial score (nSPS) is 21.2. The molecule has 1 aliphatic heterocycles. The molecule has 0 radical (unpaired) electrons. The Morgan fingerprint density at radius 1 is 1.44 bits per heavy atom. The molecule has 96 valence electrons. The number of hydrogen-bond acceptors (Lipinski definition) is 4. The first-order chi connectivity index (χ1) is 7.80. The van der Waals surface area contributed by atoms with Crippen molar-refractivity contribution < 1.29 is 5.11 Å². The largest absolute Gasteiger partial charge is 0.396 e. The lowest BCUT2D eigenvalue weighted by Crippen LogP contribution is -2.47. The monoisotopic (exact) mass is 246 g/mol. The third-order valence-electron chi connectivity index (χ3n) is 3.35. The van der Waals surface area contributed by atoms with Gasteiger partial charge in [0, 0.05) is 24.4 Å². The third-order valence-corrected chi connectivity index (χ3v) is 4.09. The van der Waals surface area contributed by atoms with E-state index in [0.29, 0.717) is 18.7 Å². The van der Waals surface area contributed by atoms with Crippen LogP contribution in [0.5, 0.6) is 0 Å². The van der Waals surface area contributed by atoms with E-state index >= 15 is 0 Å². The lowest BCUT2D eigenvalue weighted by atomic mass is 10.0. The van der Waals surface area contributed by atoms with E-state index in [1.54, 1.807) is 0 Å². The Balaban J connectivity index is 2.24. The molecule has 2 N–H and O–H groups in total. The van der Waals surface area contributed by atoms with Crippen LogP contribution in [0.15, 0.2) is 0 Å². The quantitative estimate of drug-likeness (QED) is 0.707. The molecule has 1 heterocycles. The number of likely N-dealkylation sites (tertiary alicyclic amines) is 1. The van der Waals surface area contributed by atoms with Gasteiger partial charge in [-0.25, -0.2) is 0 Å². The summed E-state index contributed by atoms with van der Waals surface area (Å²) in [6, 6.07) is 1.14. The zero-order valence-corrected chi connectivity index (χ0v) is 11.4. The minimum absolute atomic E-state index is 0.298. The maximum absolute atomic E-state index is 9.02. The standard InChI is InChI=1S/C12H26N2OS/c1-3-14-7-4-11(5-8-14)13-12(6-9-15)10-16-2/h11-13,15H,3-10H2,1-2H3. The van der Waals surface area contributed by atoms with E-state index < -0.39 is 0 Å². The van der Waals surface area contributed by atoms with Crippen molar-refractivity contribution in [3.05, 3.63) is 0 Å². The van der Waals surface area contributed by atoms with E-state index in [0.717, 1.165) is 12.2 Å². The van der Waals surface area contributed by atoms with Crippen molar-refractivity contribution in [1.82, 2.24) is 10.2 Å². The highest BCUT2D eigenvalue weighted by Gasteiger charge is 2.20. The van der Waals surface area contributed by atoms with E-state index in [-0.39, 0.29) is 0 Å². The number of thioether (sulfide) groups is 1. The maximum Gasteiger partial charge on any atom is 0.0446 e. The Labute approximate surface area is 104 Å². The summed E-state index contributed by atoms with van der Waals surface area (Å²) in [6.45, 7) is 6.15. The van der Waals surface area contributed by atoms with E-state index in [4.69, 9.17) is 5.11 Å². The van der Waals surface area contributed by atoms with E-state index in [1.165, 1.54) is 32.5 Å². The highest BCUT2D eigenvalue weighted by Crippen LogP contribution is 2.12. The van der Waals surface area contributed by atoms with Crippen molar-refractivity contribution in [2.75, 3.05) is 38.2 Å². The molecule has 1 fully saturated rings. The number of aliphatic hydroxyl groups is 1. The highest BCUT2D eigenvalue weighted by atomic mass is 32.2. The highest BCUT2D eigenvalue weighted by molar-refractivity contribution is 7.98. The summed E-state index contributed by atoms with van der Waals surface area (Å²) in [6.07, 6.45) is 5.52. The molecule has 0 amide bonds. The zero-order valence-electron chi connectivity index (χ0n) is 10.6. The lowest BCUT2D eigenvalue weighted by Gasteiger charge is -2.33. The number of piperidine rings is 1. The second-order valence-electron chi connectivity index (χ2n) is 4.54. The molecule has 0 aromatic carbocycles. The Morgan fingerprint density at radius 3 is 2.62 bits per heavy atom. The predicted octanol–water partition coefficient (Wildman–Crippen LogP) is 1.17. The second-order valence-corrected chi connectivity index (χ2v) is 5.45. The third kappa shape index (κ3) is 5.04. The minimum Gasteiger partial charge on any atom is -0.396 e. The maximum atomic E-state index is 9.02. The van der Waals surface area contributed by atoms with Gasteiger partial charge < -0.3 is 15.3 Å². The summed E-state index contributed by atoms with van der Waals surface area (Å²) >= 11 is 1.86. The van der Waals surface area contributed by atoms with Crippen LogP contribution in [0.25, 0.3) is 0 Å². The number of nitrogens with one attached hydrogen (secondary N) is 1. The van der Waals surface area contributed by atoms with Gasteiger partial charge in [-0.15, -0.1) is 0 Å². The molecule has 0 saturated carbocycles. The van der Waals surface area contributed by atoms with Gasteiger partial charge in [0.05, 0.1) is 0 Å². The smallest absolute Gasteiger partial charge is 0.0446 e. The Morgan fingerprint density at radius 2 is 2.12 bits per heavy atom. The molecule has 1 aliphatic rings. The molecular weight excluding hydrogens is 220 g/mol. The zero-order chi connectivity index (χ0) is 11.8. The SMILES string of the molecule is CCN1CCC(NC(CCO)CSC)CC1. The molecule has 0 aromatic rings. The molecule has 16 heavy (non-hydrogen) atoms. The van der Waals surface area contributed by atoms with Crippen molar-refractivity contribution in [3.8, 4) is 0 Å². The van der Waals surface area contributed by atoms with Gasteiger partial charge in [-0.1, -0.05) is 6.92 Å². The Kier molecular flexibility index (Phi) is 7.45. The van der Waals surface area contributed by atoms with Crippen molar-refractivity contribution in [1.29, 1.82) is 0 Å². The van der Waals surface area contributed by atoms with Crippen molar-refractivity contribution in [2.45, 2.75) is 38.3 Å². The first kappa shape index (κ1) is 14.3. The number of hydrogen-bond donors (Lipinski definition) is 2. The summed E-state index contributed by atoms with van der Waals surface area (Å²) in [5.74, 6) is 1.11. The van der Waals surface area contributed by atoms with E-state index in [1.807, 2.05) is 11.8 Å². The molecule has 1 atom stereocenters. The lowest BCUT2D eigenvalue weighted by molar-refractivity contribution is 0.193. The molecule has 4 heteroatoms. The molecule has 3 nitrogen and oxygen atoms in total. The molecule has 0 aromatic heterocycles. The van der Waals surface area contributed by atoms with Crippen LogP contribution < -0.4 is 5.32 Å². The fraction of sp³-hybridized carbons (Fsp3) is 1.00. The summed E-state index contributed by atoms with van der Waals surface area (Å²) < 4.78 is 0. The number of aliphatic hydroxyl groups excluding tert-OH is 1. The minimum atomic E-state index is 0.298. The molecule has 1 unspecified atom stereocenters. The van der Waals surface area contributed by atoms with Gasteiger partial charge >= 0.3 is 0 Å². The summed E-state index contributed by atoms with van der Waals surface area (Å²) in [5, 5.41) is 12.7. The number of nitrogens with zero attached hydrogens (tertiary/aromatic N) is 1. The number of rotatable bonds is 7. The van der Waals surface area contributed by atoms with Crippen LogP contribution in [0.4, 0.5) is 0 Å². The second kappa shape index (κ2) is 8.34. The topological polar surface area (TPSA) is 35.5 Å². The van der Waals surface area contributed by atoms with Crippen LogP contribution in [0.3, 0.4) is 0 Å². The van der Waals surface area contributed by atoms with Gasteiger partial charge in [0.2, 0.25) is 0 Å². The van der Waals surface area contributed by atoms with Crippen LogP contribution in [-0.2, 0) is 0 Å². The molecular formula is C12H26N2OS. The molecule has 0 bridgehead atoms. The van der Waals surface area contributed by atoms with E-state index in [9.17, 15) is 0 Å². The van der Waals surface area contributed by atoms with Gasteiger partial charge in [-0.2, -0.15) is 11.8 Å². The average Bonchev–Trinajstić information content (AvgIpc) is 2.31. The van der Waals surface area contributed by atoms with E-state index in [2.05, 4.69) is 23.4 Å². The summed E-state index contributed by atoms with van der Waals surface area (Å²) in [5.41, 5.74) is 0. The molecule has 0 aliphatic carbocycles. The van der Waals surface area contributed by atoms with Crippen molar-refractivity contribution >= 4 is 11.8 Å². The van der Waals surface area contributed by atoms with Gasteiger partial charge in [0.1, 0.15) is 0 Å². The van der Waals surface area contributed by atoms with Crippen molar-refractivity contribution in [3.63, 3.8) is 0 Å². The first-order valence-electron chi connectivity index (χ1n) is 6.38. The molecule has 1 rings (SSSR count). The van der Waals surface area contributed by atoms with Gasteiger partial charge in [0.25, 0.3) is 0 Å². The molecule has 1 saturated heterocycles. The fourth-order valence-electron chi connectivity index (χ4n) is 2.32. The summed E-state index contributed by atoms with van der Waals surface area (Å²) in [7, 11) is 0. The Bertz CT molecular complexity index is 166. The fourth-order valence-corrected chi connectivity index (χ4v) is 2.99. The molecule has 0 spiro atoms. The van der Waals surface area contributed by atoms with Gasteiger partial charge in [0.15, 0.2) is 0 Å². The van der Waals surface area contributed by atoms with Crippen LogP contribution in [0.2, 0.25) is 0 Å². The average molecular weight is 246 g/mol. The van der Waals surface area contributed by atoms with Crippen LogP contribution >= 0.6 is 11.8 Å². The van der Waals surface area contributed by atoms with Crippen LogP contribution in [-0.4, -0.2) is 60.3 Å². The summed E-state index contributed by atoms with van der Waals surface area (Å²) in [4.78, 5) is 2.51. The first-order valence-corrected chi connectivity index (χ1v) is 7.77. The van der Waals surface area contributed by atoms with Gasteiger partial charge in [-0.3, -0.25) is 0 Å².